The van der Waals surface area contributed by atoms with Gasteiger partial charge < -0.3 is 15.4 Å². The number of hydrogen-bond donors (Lipinski definition) is 2. The van der Waals surface area contributed by atoms with Gasteiger partial charge in [-0.05, 0) is 37.1 Å². The smallest absolute Gasteiger partial charge is 0.334 e. The van der Waals surface area contributed by atoms with Gasteiger partial charge in [0.15, 0.2) is 6.04 Å². The van der Waals surface area contributed by atoms with Gasteiger partial charge in [0.05, 0.1) is 12.8 Å². The van der Waals surface area contributed by atoms with Gasteiger partial charge in [0, 0.05) is 30.4 Å². The zero-order valence-corrected chi connectivity index (χ0v) is 14.6. The number of rotatable bonds is 6. The van der Waals surface area contributed by atoms with Crippen molar-refractivity contribution >= 4 is 23.5 Å². The summed E-state index contributed by atoms with van der Waals surface area (Å²) in [6, 6.07) is 7.18. The molecule has 1 atom stereocenters. The van der Waals surface area contributed by atoms with E-state index in [0.717, 1.165) is 12.8 Å². The molecule has 1 aromatic heterocycles. The van der Waals surface area contributed by atoms with Gasteiger partial charge in [-0.2, -0.15) is 5.10 Å². The van der Waals surface area contributed by atoms with Crippen molar-refractivity contribution < 1.29 is 19.1 Å². The molecule has 26 heavy (non-hydrogen) atoms. The van der Waals surface area contributed by atoms with Gasteiger partial charge in [-0.3, -0.25) is 14.3 Å². The fraction of sp³-hybridized carbons (Fsp3) is 0.333. The number of anilines is 1. The van der Waals surface area contributed by atoms with Crippen LogP contribution in [0.25, 0.3) is 0 Å². The first-order valence-electron chi connectivity index (χ1n) is 8.27. The molecular weight excluding hydrogens is 336 g/mol. The van der Waals surface area contributed by atoms with E-state index >= 15 is 0 Å². The highest BCUT2D eigenvalue weighted by Crippen LogP contribution is 2.30. The molecule has 2 N–H and O–H groups in total. The number of benzene rings is 1. The number of aryl methyl sites for hydroxylation is 1. The minimum atomic E-state index is -1.02. The lowest BCUT2D eigenvalue weighted by atomic mass is 10.1. The predicted octanol–water partition coefficient (Wildman–Crippen LogP) is 1.41. The highest BCUT2D eigenvalue weighted by molar-refractivity contribution is 5.99. The van der Waals surface area contributed by atoms with E-state index in [0.29, 0.717) is 16.9 Å². The van der Waals surface area contributed by atoms with Crippen LogP contribution >= 0.6 is 0 Å². The van der Waals surface area contributed by atoms with Crippen LogP contribution in [0.3, 0.4) is 0 Å². The highest BCUT2D eigenvalue weighted by Gasteiger charge is 2.30. The molecule has 1 fully saturated rings. The van der Waals surface area contributed by atoms with E-state index in [2.05, 4.69) is 15.7 Å². The van der Waals surface area contributed by atoms with Crippen molar-refractivity contribution in [3.63, 3.8) is 0 Å². The molecule has 2 amide bonds. The molecule has 0 spiro atoms. The number of nitrogens with zero attached hydrogens (tertiary/aromatic N) is 2. The third-order valence-electron chi connectivity index (χ3n) is 4.08. The molecule has 136 valence electrons. The quantitative estimate of drug-likeness (QED) is 0.762. The Morgan fingerprint density at radius 1 is 1.27 bits per heavy atom. The van der Waals surface area contributed by atoms with Crippen LogP contribution in [-0.2, 0) is 21.4 Å². The molecular formula is C18H20N4O4. The molecule has 1 unspecified atom stereocenters. The fourth-order valence-electron chi connectivity index (χ4n) is 2.50. The van der Waals surface area contributed by atoms with E-state index in [1.165, 1.54) is 11.8 Å². The molecule has 1 aliphatic carbocycles. The Hall–Kier alpha value is -3.16. The SMILES string of the molecule is COC(=O)C(NC(=O)c1cccc(NC(=O)C2CC2)c1)c1ccn(C)n1. The van der Waals surface area contributed by atoms with Gasteiger partial charge in [-0.1, -0.05) is 6.07 Å². The van der Waals surface area contributed by atoms with Crippen molar-refractivity contribution in [1.82, 2.24) is 15.1 Å². The normalized spacial score (nSPS) is 14.4. The number of esters is 1. The first kappa shape index (κ1) is 17.7. The summed E-state index contributed by atoms with van der Waals surface area (Å²) in [6.45, 7) is 0. The van der Waals surface area contributed by atoms with Crippen LogP contribution in [0.5, 0.6) is 0 Å². The second-order valence-corrected chi connectivity index (χ2v) is 6.19. The van der Waals surface area contributed by atoms with Crippen molar-refractivity contribution in [3.8, 4) is 0 Å². The van der Waals surface area contributed by atoms with Crippen molar-refractivity contribution in [2.45, 2.75) is 18.9 Å². The fourth-order valence-corrected chi connectivity index (χ4v) is 2.50. The van der Waals surface area contributed by atoms with Crippen LogP contribution in [0.15, 0.2) is 36.5 Å². The highest BCUT2D eigenvalue weighted by atomic mass is 16.5. The number of amides is 2. The lowest BCUT2D eigenvalue weighted by molar-refractivity contribution is -0.143. The van der Waals surface area contributed by atoms with Gasteiger partial charge in [-0.25, -0.2) is 4.79 Å². The van der Waals surface area contributed by atoms with Crippen LogP contribution in [-0.4, -0.2) is 34.7 Å². The number of aromatic nitrogens is 2. The number of carbonyl (C=O) groups excluding carboxylic acids is 3. The molecule has 2 aromatic rings. The molecule has 1 aliphatic rings. The van der Waals surface area contributed by atoms with E-state index in [9.17, 15) is 14.4 Å². The van der Waals surface area contributed by atoms with E-state index in [1.54, 1.807) is 43.6 Å². The van der Waals surface area contributed by atoms with E-state index in [4.69, 9.17) is 4.74 Å². The van der Waals surface area contributed by atoms with Crippen LogP contribution in [0, 0.1) is 5.92 Å². The average molecular weight is 356 g/mol. The maximum Gasteiger partial charge on any atom is 0.334 e. The second kappa shape index (κ2) is 7.38. The number of ether oxygens (including phenoxy) is 1. The standard InChI is InChI=1S/C18H20N4O4/c1-22-9-8-14(21-22)15(18(25)26-2)20-17(24)12-4-3-5-13(10-12)19-16(23)11-6-7-11/h3-5,8-11,15H,6-7H2,1-2H3,(H,19,23)(H,20,24). The summed E-state index contributed by atoms with van der Waals surface area (Å²) in [6.07, 6.45) is 3.47. The molecule has 8 heteroatoms. The number of hydrogen-bond acceptors (Lipinski definition) is 5. The van der Waals surface area contributed by atoms with E-state index in [-0.39, 0.29) is 11.8 Å². The molecule has 1 saturated carbocycles. The maximum atomic E-state index is 12.6. The van der Waals surface area contributed by atoms with Gasteiger partial charge in [0.2, 0.25) is 5.91 Å². The minimum absolute atomic E-state index is 0.0384. The Labute approximate surface area is 150 Å². The minimum Gasteiger partial charge on any atom is -0.467 e. The van der Waals surface area contributed by atoms with Crippen LogP contribution < -0.4 is 10.6 Å². The number of nitrogens with one attached hydrogen (secondary N) is 2. The monoisotopic (exact) mass is 356 g/mol. The summed E-state index contributed by atoms with van der Waals surface area (Å²) in [5.74, 6) is -1.05. The first-order chi connectivity index (χ1) is 12.5. The van der Waals surface area contributed by atoms with Crippen molar-refractivity contribution in [2.24, 2.45) is 13.0 Å². The topological polar surface area (TPSA) is 102 Å². The molecule has 0 radical (unpaired) electrons. The third-order valence-corrected chi connectivity index (χ3v) is 4.08. The average Bonchev–Trinajstić information content (AvgIpc) is 3.41. The van der Waals surface area contributed by atoms with Crippen LogP contribution in [0.1, 0.15) is 34.9 Å². The summed E-state index contributed by atoms with van der Waals surface area (Å²) in [5.41, 5.74) is 1.25. The Balaban J connectivity index is 1.74. The molecule has 0 saturated heterocycles. The Bertz CT molecular complexity index is 841. The number of carbonyl (C=O) groups is 3. The third kappa shape index (κ3) is 4.08. The Kier molecular flexibility index (Phi) is 5.01. The molecule has 8 nitrogen and oxygen atoms in total. The second-order valence-electron chi connectivity index (χ2n) is 6.19. The lowest BCUT2D eigenvalue weighted by Crippen LogP contribution is -2.35. The van der Waals surface area contributed by atoms with Gasteiger partial charge in [0.1, 0.15) is 0 Å². The summed E-state index contributed by atoms with van der Waals surface area (Å²) < 4.78 is 6.30. The molecule has 0 bridgehead atoms. The summed E-state index contributed by atoms with van der Waals surface area (Å²) in [7, 11) is 2.96. The largest absolute Gasteiger partial charge is 0.467 e. The van der Waals surface area contributed by atoms with Gasteiger partial charge in [-0.15, -0.1) is 0 Å². The van der Waals surface area contributed by atoms with Crippen LogP contribution in [0.2, 0.25) is 0 Å². The van der Waals surface area contributed by atoms with Gasteiger partial charge in [0.25, 0.3) is 5.91 Å². The van der Waals surface area contributed by atoms with Crippen molar-refractivity contribution in [3.05, 3.63) is 47.8 Å². The molecule has 3 rings (SSSR count). The maximum absolute atomic E-state index is 12.6. The van der Waals surface area contributed by atoms with E-state index < -0.39 is 17.9 Å². The van der Waals surface area contributed by atoms with Crippen LogP contribution in [0.4, 0.5) is 5.69 Å². The zero-order chi connectivity index (χ0) is 18.7. The predicted molar refractivity (Wildman–Crippen MR) is 93.2 cm³/mol. The molecule has 1 aromatic carbocycles. The first-order valence-corrected chi connectivity index (χ1v) is 8.27. The summed E-state index contributed by atoms with van der Waals surface area (Å²) >= 11 is 0. The summed E-state index contributed by atoms with van der Waals surface area (Å²) in [4.78, 5) is 36.5. The lowest BCUT2D eigenvalue weighted by Gasteiger charge is -2.15. The number of methoxy groups -OCH3 is 1. The van der Waals surface area contributed by atoms with Crippen molar-refractivity contribution in [1.29, 1.82) is 0 Å². The van der Waals surface area contributed by atoms with E-state index in [1.807, 2.05) is 0 Å². The van der Waals surface area contributed by atoms with Gasteiger partial charge >= 0.3 is 5.97 Å². The zero-order valence-electron chi connectivity index (χ0n) is 14.6. The molecule has 1 heterocycles. The summed E-state index contributed by atoms with van der Waals surface area (Å²) in [5, 5.41) is 9.58. The Morgan fingerprint density at radius 3 is 2.65 bits per heavy atom. The Morgan fingerprint density at radius 2 is 2.04 bits per heavy atom. The molecule has 0 aliphatic heterocycles. The van der Waals surface area contributed by atoms with Crippen molar-refractivity contribution in [2.75, 3.05) is 12.4 Å².